The van der Waals surface area contributed by atoms with E-state index in [9.17, 15) is 9.59 Å². The molecule has 2 aromatic rings. The van der Waals surface area contributed by atoms with E-state index in [4.69, 9.17) is 0 Å². The number of pyridine rings is 1. The van der Waals surface area contributed by atoms with Gasteiger partial charge < -0.3 is 10.6 Å². The first kappa shape index (κ1) is 16.7. The molecular formula is C18H21N3O2. The van der Waals surface area contributed by atoms with Crippen molar-refractivity contribution in [3.63, 3.8) is 0 Å². The fraction of sp³-hybridized carbons (Fsp3) is 0.278. The van der Waals surface area contributed by atoms with E-state index in [1.165, 1.54) is 12.3 Å². The van der Waals surface area contributed by atoms with Gasteiger partial charge in [0.05, 0.1) is 0 Å². The average Bonchev–Trinajstić information content (AvgIpc) is 2.60. The highest BCUT2D eigenvalue weighted by molar-refractivity contribution is 5.98. The van der Waals surface area contributed by atoms with Gasteiger partial charge in [-0.25, -0.2) is 0 Å². The van der Waals surface area contributed by atoms with Crippen LogP contribution in [-0.2, 0) is 6.54 Å². The molecule has 5 heteroatoms. The van der Waals surface area contributed by atoms with Gasteiger partial charge in [0.15, 0.2) is 0 Å². The molecule has 1 heterocycles. The van der Waals surface area contributed by atoms with Crippen molar-refractivity contribution >= 4 is 11.8 Å². The highest BCUT2D eigenvalue weighted by Gasteiger charge is 2.13. The van der Waals surface area contributed by atoms with Crippen LogP contribution in [0.4, 0.5) is 0 Å². The summed E-state index contributed by atoms with van der Waals surface area (Å²) in [5.74, 6) is -0.495. The Balaban J connectivity index is 2.01. The van der Waals surface area contributed by atoms with Gasteiger partial charge in [-0.05, 0) is 31.0 Å². The lowest BCUT2D eigenvalue weighted by atomic mass is 10.2. The van der Waals surface area contributed by atoms with Crippen molar-refractivity contribution in [3.05, 3.63) is 65.5 Å². The smallest absolute Gasteiger partial charge is 0.270 e. The minimum Gasteiger partial charge on any atom is -0.348 e. The second-order valence-corrected chi connectivity index (χ2v) is 5.38. The fourth-order valence-electron chi connectivity index (χ4n) is 1.98. The summed E-state index contributed by atoms with van der Waals surface area (Å²) in [5, 5.41) is 5.67. The van der Waals surface area contributed by atoms with E-state index in [2.05, 4.69) is 15.6 Å². The minimum atomic E-state index is -0.267. The predicted octanol–water partition coefficient (Wildman–Crippen LogP) is 2.54. The van der Waals surface area contributed by atoms with Crippen molar-refractivity contribution in [3.8, 4) is 0 Å². The van der Waals surface area contributed by atoms with Gasteiger partial charge in [-0.1, -0.05) is 37.3 Å². The summed E-state index contributed by atoms with van der Waals surface area (Å²) in [6.45, 7) is 4.36. The molecule has 2 N–H and O–H groups in total. The van der Waals surface area contributed by atoms with E-state index in [0.29, 0.717) is 12.1 Å². The van der Waals surface area contributed by atoms with Crippen molar-refractivity contribution in [2.75, 3.05) is 0 Å². The van der Waals surface area contributed by atoms with Gasteiger partial charge in [-0.2, -0.15) is 0 Å². The minimum absolute atomic E-state index is 0.0693. The number of amides is 2. The maximum absolute atomic E-state index is 12.2. The number of hydrogen-bond acceptors (Lipinski definition) is 3. The van der Waals surface area contributed by atoms with Crippen LogP contribution in [0.3, 0.4) is 0 Å². The van der Waals surface area contributed by atoms with Crippen LogP contribution in [0, 0.1) is 0 Å². The number of aromatic nitrogens is 1. The van der Waals surface area contributed by atoms with E-state index < -0.39 is 0 Å². The second kappa shape index (κ2) is 8.08. The molecule has 5 nitrogen and oxygen atoms in total. The molecule has 1 aromatic carbocycles. The van der Waals surface area contributed by atoms with Gasteiger partial charge in [-0.15, -0.1) is 0 Å². The Hall–Kier alpha value is -2.69. The number of nitrogens with one attached hydrogen (secondary N) is 2. The molecule has 0 saturated heterocycles. The largest absolute Gasteiger partial charge is 0.348 e. The molecule has 0 bridgehead atoms. The summed E-state index contributed by atoms with van der Waals surface area (Å²) in [4.78, 5) is 28.3. The third-order valence-electron chi connectivity index (χ3n) is 3.54. The Labute approximate surface area is 136 Å². The van der Waals surface area contributed by atoms with E-state index in [-0.39, 0.29) is 23.6 Å². The molecule has 0 aliphatic rings. The normalized spacial score (nSPS) is 11.6. The van der Waals surface area contributed by atoms with Crippen LogP contribution in [0.1, 0.15) is 46.7 Å². The summed E-state index contributed by atoms with van der Waals surface area (Å²) < 4.78 is 0. The van der Waals surface area contributed by atoms with Crippen molar-refractivity contribution in [2.24, 2.45) is 0 Å². The third kappa shape index (κ3) is 4.92. The molecule has 0 fully saturated rings. The maximum atomic E-state index is 12.2. The second-order valence-electron chi connectivity index (χ2n) is 5.38. The predicted molar refractivity (Wildman–Crippen MR) is 89.1 cm³/mol. The lowest BCUT2D eigenvalue weighted by Gasteiger charge is -2.11. The standard InChI is InChI=1S/C18H21N3O2/c1-3-13(2)21-18(23)16-11-15(9-10-19-16)17(22)20-12-14-7-5-4-6-8-14/h4-11,13H,3,12H2,1-2H3,(H,20,22)(H,21,23). The molecule has 0 saturated carbocycles. The lowest BCUT2D eigenvalue weighted by Crippen LogP contribution is -2.32. The van der Waals surface area contributed by atoms with Crippen LogP contribution >= 0.6 is 0 Å². The Kier molecular flexibility index (Phi) is 5.86. The van der Waals surface area contributed by atoms with Crippen molar-refractivity contribution in [1.82, 2.24) is 15.6 Å². The monoisotopic (exact) mass is 311 g/mol. The van der Waals surface area contributed by atoms with Crippen LogP contribution in [0.25, 0.3) is 0 Å². The quantitative estimate of drug-likeness (QED) is 0.861. The lowest BCUT2D eigenvalue weighted by molar-refractivity contribution is 0.0934. The first-order valence-electron chi connectivity index (χ1n) is 7.69. The zero-order valence-electron chi connectivity index (χ0n) is 13.4. The molecule has 0 aliphatic heterocycles. The summed E-state index contributed by atoms with van der Waals surface area (Å²) in [5.41, 5.74) is 1.69. The Morgan fingerprint density at radius 2 is 1.87 bits per heavy atom. The number of hydrogen-bond donors (Lipinski definition) is 2. The highest BCUT2D eigenvalue weighted by atomic mass is 16.2. The number of carbonyl (C=O) groups is 2. The van der Waals surface area contributed by atoms with Crippen LogP contribution < -0.4 is 10.6 Å². The van der Waals surface area contributed by atoms with Crippen LogP contribution in [0.5, 0.6) is 0 Å². The molecular weight excluding hydrogens is 290 g/mol. The zero-order valence-corrected chi connectivity index (χ0v) is 13.4. The van der Waals surface area contributed by atoms with Gasteiger partial charge in [-0.3, -0.25) is 14.6 Å². The fourth-order valence-corrected chi connectivity index (χ4v) is 1.98. The number of benzene rings is 1. The van der Waals surface area contributed by atoms with Crippen LogP contribution in [0.15, 0.2) is 48.7 Å². The molecule has 1 atom stereocenters. The highest BCUT2D eigenvalue weighted by Crippen LogP contribution is 2.04. The van der Waals surface area contributed by atoms with E-state index >= 15 is 0 Å². The molecule has 0 radical (unpaired) electrons. The molecule has 0 aliphatic carbocycles. The summed E-state index contributed by atoms with van der Waals surface area (Å²) in [7, 11) is 0. The Morgan fingerprint density at radius 3 is 2.57 bits per heavy atom. The third-order valence-corrected chi connectivity index (χ3v) is 3.54. The average molecular weight is 311 g/mol. The maximum Gasteiger partial charge on any atom is 0.270 e. The van der Waals surface area contributed by atoms with Crippen molar-refractivity contribution < 1.29 is 9.59 Å². The molecule has 23 heavy (non-hydrogen) atoms. The topological polar surface area (TPSA) is 71.1 Å². The Morgan fingerprint density at radius 1 is 1.13 bits per heavy atom. The van der Waals surface area contributed by atoms with Crippen LogP contribution in [0.2, 0.25) is 0 Å². The van der Waals surface area contributed by atoms with Crippen molar-refractivity contribution in [1.29, 1.82) is 0 Å². The molecule has 1 unspecified atom stereocenters. The number of nitrogens with zero attached hydrogens (tertiary/aromatic N) is 1. The summed E-state index contributed by atoms with van der Waals surface area (Å²) in [6.07, 6.45) is 2.31. The summed E-state index contributed by atoms with van der Waals surface area (Å²) >= 11 is 0. The van der Waals surface area contributed by atoms with E-state index in [1.54, 1.807) is 6.07 Å². The first-order valence-corrected chi connectivity index (χ1v) is 7.69. The molecule has 120 valence electrons. The molecule has 1 aromatic heterocycles. The number of carbonyl (C=O) groups excluding carboxylic acids is 2. The Bertz CT molecular complexity index is 671. The van der Waals surface area contributed by atoms with Crippen molar-refractivity contribution in [2.45, 2.75) is 32.9 Å². The van der Waals surface area contributed by atoms with Gasteiger partial charge in [0.25, 0.3) is 11.8 Å². The van der Waals surface area contributed by atoms with E-state index in [1.807, 2.05) is 44.2 Å². The van der Waals surface area contributed by atoms with Crippen LogP contribution in [-0.4, -0.2) is 22.8 Å². The molecule has 2 amide bonds. The van der Waals surface area contributed by atoms with Gasteiger partial charge in [0.2, 0.25) is 0 Å². The SMILES string of the molecule is CCC(C)NC(=O)c1cc(C(=O)NCc2ccccc2)ccn1. The van der Waals surface area contributed by atoms with Gasteiger partial charge in [0, 0.05) is 24.3 Å². The first-order chi connectivity index (χ1) is 11.1. The van der Waals surface area contributed by atoms with E-state index in [0.717, 1.165) is 12.0 Å². The molecule has 0 spiro atoms. The summed E-state index contributed by atoms with van der Waals surface area (Å²) in [6, 6.07) is 12.8. The molecule has 2 rings (SSSR count). The van der Waals surface area contributed by atoms with Gasteiger partial charge in [0.1, 0.15) is 5.69 Å². The van der Waals surface area contributed by atoms with Gasteiger partial charge >= 0.3 is 0 Å². The number of rotatable bonds is 6. The zero-order chi connectivity index (χ0) is 16.7.